The Bertz CT molecular complexity index is 806. The summed E-state index contributed by atoms with van der Waals surface area (Å²) in [5.74, 6) is 2.62. The Hall–Kier alpha value is -3.35. The van der Waals surface area contributed by atoms with Crippen LogP contribution in [0.25, 0.3) is 0 Å². The summed E-state index contributed by atoms with van der Waals surface area (Å²) in [7, 11) is 3.23. The second-order valence-corrected chi connectivity index (χ2v) is 5.18. The van der Waals surface area contributed by atoms with E-state index in [1.807, 2.05) is 36.4 Å². The highest BCUT2D eigenvalue weighted by atomic mass is 16.5. The Morgan fingerprint density at radius 1 is 0.920 bits per heavy atom. The van der Waals surface area contributed by atoms with Gasteiger partial charge in [0.1, 0.15) is 11.6 Å². The number of nitrogens with zero attached hydrogens (tertiary/aromatic N) is 3. The molecule has 3 aromatic rings. The van der Waals surface area contributed by atoms with E-state index >= 15 is 0 Å². The van der Waals surface area contributed by atoms with Gasteiger partial charge in [0.15, 0.2) is 0 Å². The Kier molecular flexibility index (Phi) is 5.26. The number of hydrogen-bond acceptors (Lipinski definition) is 7. The van der Waals surface area contributed by atoms with Crippen LogP contribution in [0.15, 0.2) is 54.9 Å². The fourth-order valence-corrected chi connectivity index (χ4v) is 2.16. The van der Waals surface area contributed by atoms with Crippen molar-refractivity contribution < 1.29 is 9.47 Å². The van der Waals surface area contributed by atoms with Crippen molar-refractivity contribution in [1.29, 1.82) is 0 Å². The van der Waals surface area contributed by atoms with Gasteiger partial charge in [-0.05, 0) is 29.8 Å². The molecule has 3 rings (SSSR count). The van der Waals surface area contributed by atoms with E-state index in [-0.39, 0.29) is 0 Å². The van der Waals surface area contributed by atoms with Crippen LogP contribution in [0.4, 0.5) is 17.5 Å². The summed E-state index contributed by atoms with van der Waals surface area (Å²) in [6.45, 7) is 0.657. The van der Waals surface area contributed by atoms with Gasteiger partial charge in [0.2, 0.25) is 11.8 Å². The van der Waals surface area contributed by atoms with Crippen molar-refractivity contribution in [1.82, 2.24) is 15.0 Å². The second-order valence-electron chi connectivity index (χ2n) is 5.18. The topological polar surface area (TPSA) is 81.2 Å². The van der Waals surface area contributed by atoms with Gasteiger partial charge in [0.25, 0.3) is 0 Å². The van der Waals surface area contributed by atoms with Crippen molar-refractivity contribution >= 4 is 17.5 Å². The largest absolute Gasteiger partial charge is 0.497 e. The Labute approximate surface area is 146 Å². The molecule has 0 aliphatic carbocycles. The van der Waals surface area contributed by atoms with E-state index < -0.39 is 0 Å². The summed E-state index contributed by atoms with van der Waals surface area (Å²) in [4.78, 5) is 12.8. The molecule has 0 fully saturated rings. The van der Waals surface area contributed by atoms with Crippen LogP contribution in [-0.2, 0) is 6.54 Å². The monoisotopic (exact) mass is 337 g/mol. The smallest absolute Gasteiger partial charge is 0.229 e. The first kappa shape index (κ1) is 16.5. The average Bonchev–Trinajstić information content (AvgIpc) is 2.68. The lowest BCUT2D eigenvalue weighted by Crippen LogP contribution is -2.04. The highest BCUT2D eigenvalue weighted by Crippen LogP contribution is 2.16. The van der Waals surface area contributed by atoms with Gasteiger partial charge in [0.05, 0.1) is 26.1 Å². The van der Waals surface area contributed by atoms with Crippen LogP contribution >= 0.6 is 0 Å². The van der Waals surface area contributed by atoms with E-state index in [9.17, 15) is 0 Å². The molecule has 0 spiro atoms. The molecule has 0 radical (unpaired) electrons. The number of anilines is 3. The van der Waals surface area contributed by atoms with Crippen LogP contribution in [-0.4, -0.2) is 29.2 Å². The van der Waals surface area contributed by atoms with E-state index in [1.54, 1.807) is 32.7 Å². The number of benzene rings is 1. The van der Waals surface area contributed by atoms with Gasteiger partial charge >= 0.3 is 0 Å². The SMILES string of the molecule is COc1ccc(CNc2ccnc(Nc3ccc(OC)nc3)n2)cc1. The van der Waals surface area contributed by atoms with Crippen molar-refractivity contribution in [2.75, 3.05) is 24.9 Å². The lowest BCUT2D eigenvalue weighted by molar-refractivity contribution is 0.398. The Morgan fingerprint density at radius 2 is 1.76 bits per heavy atom. The number of hydrogen-bond donors (Lipinski definition) is 2. The van der Waals surface area contributed by atoms with Gasteiger partial charge < -0.3 is 20.1 Å². The molecule has 0 saturated carbocycles. The van der Waals surface area contributed by atoms with Gasteiger partial charge in [-0.1, -0.05) is 12.1 Å². The number of ether oxygens (including phenoxy) is 2. The molecule has 7 nitrogen and oxygen atoms in total. The molecule has 0 aliphatic heterocycles. The van der Waals surface area contributed by atoms with Crippen LogP contribution in [0.2, 0.25) is 0 Å². The normalized spacial score (nSPS) is 10.2. The summed E-state index contributed by atoms with van der Waals surface area (Å²) in [5.41, 5.74) is 1.92. The third kappa shape index (κ3) is 4.57. The fraction of sp³-hybridized carbons (Fsp3) is 0.167. The first-order chi connectivity index (χ1) is 12.3. The highest BCUT2D eigenvalue weighted by Gasteiger charge is 2.02. The van der Waals surface area contributed by atoms with Crippen molar-refractivity contribution in [3.8, 4) is 11.6 Å². The maximum absolute atomic E-state index is 5.16. The molecule has 2 aromatic heterocycles. The molecule has 25 heavy (non-hydrogen) atoms. The highest BCUT2D eigenvalue weighted by molar-refractivity contribution is 5.53. The first-order valence-corrected chi connectivity index (χ1v) is 7.74. The molecular formula is C18H19N5O2. The minimum Gasteiger partial charge on any atom is -0.497 e. The summed E-state index contributed by atoms with van der Waals surface area (Å²) in [5, 5.41) is 6.39. The second kappa shape index (κ2) is 7.96. The zero-order valence-corrected chi connectivity index (χ0v) is 14.1. The quantitative estimate of drug-likeness (QED) is 0.685. The van der Waals surface area contributed by atoms with Crippen molar-refractivity contribution in [3.63, 3.8) is 0 Å². The molecule has 7 heteroatoms. The van der Waals surface area contributed by atoms with Gasteiger partial charge in [-0.25, -0.2) is 9.97 Å². The maximum atomic E-state index is 5.16. The zero-order valence-electron chi connectivity index (χ0n) is 14.1. The number of nitrogens with one attached hydrogen (secondary N) is 2. The molecule has 128 valence electrons. The zero-order chi connectivity index (χ0) is 17.5. The molecule has 0 aliphatic rings. The molecule has 0 unspecified atom stereocenters. The lowest BCUT2D eigenvalue weighted by Gasteiger charge is -2.09. The van der Waals surface area contributed by atoms with Gasteiger partial charge in [-0.15, -0.1) is 0 Å². The van der Waals surface area contributed by atoms with Gasteiger partial charge in [-0.2, -0.15) is 4.98 Å². The number of pyridine rings is 1. The van der Waals surface area contributed by atoms with Crippen molar-refractivity contribution in [2.24, 2.45) is 0 Å². The predicted molar refractivity (Wildman–Crippen MR) is 96.4 cm³/mol. The minimum atomic E-state index is 0.492. The van der Waals surface area contributed by atoms with E-state index in [0.29, 0.717) is 18.4 Å². The van der Waals surface area contributed by atoms with Gasteiger partial charge in [0, 0.05) is 18.8 Å². The molecule has 0 saturated heterocycles. The van der Waals surface area contributed by atoms with Gasteiger partial charge in [-0.3, -0.25) is 0 Å². The summed E-state index contributed by atoms with van der Waals surface area (Å²) >= 11 is 0. The Balaban J connectivity index is 1.62. The molecule has 0 amide bonds. The van der Waals surface area contributed by atoms with Crippen LogP contribution in [0.3, 0.4) is 0 Å². The van der Waals surface area contributed by atoms with Crippen LogP contribution < -0.4 is 20.1 Å². The molecule has 0 bridgehead atoms. The molecule has 1 aromatic carbocycles. The summed E-state index contributed by atoms with van der Waals surface area (Å²) in [6, 6.07) is 13.3. The number of aromatic nitrogens is 3. The van der Waals surface area contributed by atoms with E-state index in [4.69, 9.17) is 9.47 Å². The van der Waals surface area contributed by atoms with Crippen molar-refractivity contribution in [3.05, 3.63) is 60.4 Å². The third-order valence-electron chi connectivity index (χ3n) is 3.49. The van der Waals surface area contributed by atoms with E-state index in [2.05, 4.69) is 25.6 Å². The molecule has 2 heterocycles. The van der Waals surface area contributed by atoms with E-state index in [1.165, 1.54) is 0 Å². The number of rotatable bonds is 7. The predicted octanol–water partition coefficient (Wildman–Crippen LogP) is 3.24. The minimum absolute atomic E-state index is 0.492. The first-order valence-electron chi connectivity index (χ1n) is 7.74. The lowest BCUT2D eigenvalue weighted by atomic mass is 10.2. The summed E-state index contributed by atoms with van der Waals surface area (Å²) < 4.78 is 10.2. The average molecular weight is 337 g/mol. The van der Waals surface area contributed by atoms with Crippen LogP contribution in [0.1, 0.15) is 5.56 Å². The fourth-order valence-electron chi connectivity index (χ4n) is 2.16. The Morgan fingerprint density at radius 3 is 2.44 bits per heavy atom. The molecular weight excluding hydrogens is 318 g/mol. The van der Waals surface area contributed by atoms with Crippen molar-refractivity contribution in [2.45, 2.75) is 6.54 Å². The molecule has 0 atom stereocenters. The summed E-state index contributed by atoms with van der Waals surface area (Å²) in [6.07, 6.45) is 3.36. The maximum Gasteiger partial charge on any atom is 0.229 e. The molecule has 2 N–H and O–H groups in total. The van der Waals surface area contributed by atoms with Crippen LogP contribution in [0.5, 0.6) is 11.6 Å². The standard InChI is InChI=1S/C18H19N5O2/c1-24-15-6-3-13(4-7-15)11-20-16-9-10-19-18(23-16)22-14-5-8-17(25-2)21-12-14/h3-10,12H,11H2,1-2H3,(H2,19,20,22,23). The van der Waals surface area contributed by atoms with Crippen LogP contribution in [0, 0.1) is 0 Å². The third-order valence-corrected chi connectivity index (χ3v) is 3.49. The number of methoxy groups -OCH3 is 2. The van der Waals surface area contributed by atoms with E-state index in [0.717, 1.165) is 22.8 Å².